The third kappa shape index (κ3) is 5.30. The van der Waals surface area contributed by atoms with Gasteiger partial charge in [-0.15, -0.1) is 0 Å². The molecule has 0 amide bonds. The Kier molecular flexibility index (Phi) is 6.68. The normalized spacial score (nSPS) is 40.5. The first kappa shape index (κ1) is 28.7. The van der Waals surface area contributed by atoms with Crippen LogP contribution >= 0.6 is 19.0 Å². The lowest BCUT2D eigenvalue weighted by Crippen LogP contribution is -2.61. The molecule has 4 bridgehead atoms. The predicted octanol–water partition coefficient (Wildman–Crippen LogP) is 2.77. The standard InChI is InChI=1S/C24H35ClN5O8PS/c1-22-5-13-6-23(2,8-22)10-24(7-13,9-22)29-18-15-19(28-21(25)27-18)30(11-26-15)20-17(32)16(31)14(38-20)3-4-39(33,34)12-40(35,36)37/h11,13-14,16-17,20,31-32H,3-10,12H2,1-2H3,(H,33,34)(H,27,28,29)(H,35,36,37)/t13?,14-,16+,17?,20-,22-,23+,24?/m1/s1. The lowest BCUT2D eigenvalue weighted by molar-refractivity contribution is -0.0973. The first-order valence-corrected chi connectivity index (χ1v) is 17.4. The minimum Gasteiger partial charge on any atom is -0.388 e. The van der Waals surface area contributed by atoms with Crippen LogP contribution in [0.2, 0.25) is 5.28 Å². The molecular formula is C24H35ClN5O8PS. The summed E-state index contributed by atoms with van der Waals surface area (Å²) in [5, 5.41) is 25.1. The fourth-order valence-electron chi connectivity index (χ4n) is 8.85. The molecule has 4 unspecified atom stereocenters. The van der Waals surface area contributed by atoms with E-state index in [-0.39, 0.29) is 28.1 Å². The van der Waals surface area contributed by atoms with Crippen LogP contribution in [-0.4, -0.2) is 83.1 Å². The zero-order valence-corrected chi connectivity index (χ0v) is 24.7. The molecule has 2 aromatic rings. The number of fused-ring (bicyclic) bond motifs is 1. The molecule has 40 heavy (non-hydrogen) atoms. The summed E-state index contributed by atoms with van der Waals surface area (Å²) in [5.74, 6) is 1.15. The summed E-state index contributed by atoms with van der Waals surface area (Å²) < 4.78 is 50.5. The highest BCUT2D eigenvalue weighted by molar-refractivity contribution is 7.93. The first-order valence-electron chi connectivity index (χ1n) is 13.4. The zero-order valence-electron chi connectivity index (χ0n) is 22.3. The van der Waals surface area contributed by atoms with Crippen molar-refractivity contribution in [3.63, 3.8) is 0 Å². The molecule has 4 aliphatic carbocycles. The fraction of sp³-hybridized carbons (Fsp3) is 0.792. The van der Waals surface area contributed by atoms with Crippen LogP contribution in [0.25, 0.3) is 11.2 Å². The molecule has 16 heteroatoms. The van der Waals surface area contributed by atoms with E-state index < -0.39 is 53.7 Å². The summed E-state index contributed by atoms with van der Waals surface area (Å²) in [5.41, 5.74) is -0.167. The second kappa shape index (κ2) is 9.31. The Hall–Kier alpha value is -1.38. The van der Waals surface area contributed by atoms with E-state index in [1.807, 2.05) is 0 Å². The van der Waals surface area contributed by atoms with Crippen molar-refractivity contribution in [2.75, 3.05) is 17.0 Å². The van der Waals surface area contributed by atoms with Crippen molar-refractivity contribution in [1.29, 1.82) is 0 Å². The van der Waals surface area contributed by atoms with Gasteiger partial charge in [-0.3, -0.25) is 13.7 Å². The van der Waals surface area contributed by atoms with E-state index in [0.29, 0.717) is 22.9 Å². The van der Waals surface area contributed by atoms with Crippen molar-refractivity contribution in [3.05, 3.63) is 11.6 Å². The quantitative estimate of drug-likeness (QED) is 0.165. The Morgan fingerprint density at radius 1 is 1.15 bits per heavy atom. The van der Waals surface area contributed by atoms with E-state index in [9.17, 15) is 28.1 Å². The van der Waals surface area contributed by atoms with Crippen molar-refractivity contribution in [2.24, 2.45) is 16.7 Å². The van der Waals surface area contributed by atoms with Crippen LogP contribution in [0, 0.1) is 16.7 Å². The molecule has 13 nitrogen and oxygen atoms in total. The number of aromatic nitrogens is 4. The van der Waals surface area contributed by atoms with Crippen LogP contribution in [-0.2, 0) is 19.4 Å². The summed E-state index contributed by atoms with van der Waals surface area (Å²) in [4.78, 5) is 23.3. The lowest BCUT2D eigenvalue weighted by atomic mass is 9.43. The number of hydrogen-bond acceptors (Lipinski definition) is 10. The smallest absolute Gasteiger partial charge is 0.274 e. The molecule has 7 rings (SSSR count). The number of ether oxygens (including phenoxy) is 1. The van der Waals surface area contributed by atoms with Crippen molar-refractivity contribution in [3.8, 4) is 0 Å². The zero-order chi connectivity index (χ0) is 28.9. The minimum absolute atomic E-state index is 0.0186. The SMILES string of the molecule is C[C@]12CC3CC(Nc4nc(Cl)nc5c4ncn5[C@@H]4O[C@H](CCP(=O)(O)CS(=O)(=O)O)[C@H](O)C4O)(C1)C[C@@](C)(C3)C2. The highest BCUT2D eigenvalue weighted by atomic mass is 35.5. The van der Waals surface area contributed by atoms with Crippen LogP contribution in [0.3, 0.4) is 0 Å². The third-order valence-electron chi connectivity index (χ3n) is 9.14. The number of imidazole rings is 1. The van der Waals surface area contributed by atoms with Gasteiger partial charge < -0.3 is 25.2 Å². The van der Waals surface area contributed by atoms with Crippen LogP contribution < -0.4 is 5.32 Å². The van der Waals surface area contributed by atoms with Crippen LogP contribution in [0.4, 0.5) is 5.82 Å². The van der Waals surface area contributed by atoms with Gasteiger partial charge in [-0.1, -0.05) is 13.8 Å². The van der Waals surface area contributed by atoms with Crippen molar-refractivity contribution in [1.82, 2.24) is 19.5 Å². The predicted molar refractivity (Wildman–Crippen MR) is 146 cm³/mol. The highest BCUT2D eigenvalue weighted by Gasteiger charge is 2.60. The van der Waals surface area contributed by atoms with Gasteiger partial charge in [-0.25, -0.2) is 4.98 Å². The number of hydrogen-bond donors (Lipinski definition) is 5. The van der Waals surface area contributed by atoms with Crippen molar-refractivity contribution < 1.29 is 37.4 Å². The van der Waals surface area contributed by atoms with E-state index in [4.69, 9.17) is 20.9 Å². The van der Waals surface area contributed by atoms with Gasteiger partial charge in [0.2, 0.25) is 12.7 Å². The lowest BCUT2D eigenvalue weighted by Gasteiger charge is -2.65. The Bertz CT molecular complexity index is 1490. The van der Waals surface area contributed by atoms with E-state index in [0.717, 1.165) is 19.3 Å². The molecule has 2 aromatic heterocycles. The van der Waals surface area contributed by atoms with Gasteiger partial charge in [0.05, 0.1) is 12.4 Å². The van der Waals surface area contributed by atoms with E-state index in [2.05, 4.69) is 34.1 Å². The number of aliphatic hydroxyl groups is 2. The number of aliphatic hydroxyl groups excluding tert-OH is 2. The maximum absolute atomic E-state index is 12.2. The van der Waals surface area contributed by atoms with Crippen molar-refractivity contribution >= 4 is 46.1 Å². The average molecular weight is 620 g/mol. The first-order chi connectivity index (χ1) is 18.5. The van der Waals surface area contributed by atoms with Crippen molar-refractivity contribution in [2.45, 2.75) is 88.9 Å². The molecule has 0 aromatic carbocycles. The number of nitrogens with one attached hydrogen (secondary N) is 1. The summed E-state index contributed by atoms with van der Waals surface area (Å²) in [6.45, 7) is 4.75. The molecule has 5 N–H and O–H groups in total. The molecule has 1 saturated heterocycles. The Balaban J connectivity index is 1.25. The number of nitrogens with zero attached hydrogens (tertiary/aromatic N) is 4. The van der Waals surface area contributed by atoms with Gasteiger partial charge in [-0.2, -0.15) is 18.4 Å². The Morgan fingerprint density at radius 3 is 2.45 bits per heavy atom. The maximum atomic E-state index is 12.2. The van der Waals surface area contributed by atoms with Gasteiger partial charge in [0.25, 0.3) is 10.1 Å². The molecule has 0 spiro atoms. The van der Waals surface area contributed by atoms with E-state index in [1.54, 1.807) is 0 Å². The Morgan fingerprint density at radius 2 is 1.82 bits per heavy atom. The summed E-state index contributed by atoms with van der Waals surface area (Å²) in [6.07, 6.45) is 2.36. The maximum Gasteiger partial charge on any atom is 0.274 e. The topological polar surface area (TPSA) is 197 Å². The molecule has 5 fully saturated rings. The van der Waals surface area contributed by atoms with Gasteiger partial charge in [-0.05, 0) is 73.3 Å². The Labute approximate surface area is 236 Å². The monoisotopic (exact) mass is 619 g/mol. The van der Waals surface area contributed by atoms with Gasteiger partial charge in [0.1, 0.15) is 12.2 Å². The summed E-state index contributed by atoms with van der Waals surface area (Å²) >= 11 is 6.36. The van der Waals surface area contributed by atoms with E-state index >= 15 is 0 Å². The highest BCUT2D eigenvalue weighted by Crippen LogP contribution is 2.67. The van der Waals surface area contributed by atoms with E-state index in [1.165, 1.54) is 30.2 Å². The summed E-state index contributed by atoms with van der Waals surface area (Å²) in [6, 6.07) is 0. The molecule has 0 radical (unpaired) electrons. The second-order valence-corrected chi connectivity index (χ2v) is 18.0. The van der Waals surface area contributed by atoms with Gasteiger partial charge in [0, 0.05) is 11.7 Å². The van der Waals surface area contributed by atoms with Crippen LogP contribution in [0.15, 0.2) is 6.33 Å². The molecular weight excluding hydrogens is 585 g/mol. The molecule has 5 aliphatic rings. The molecule has 3 heterocycles. The van der Waals surface area contributed by atoms with Gasteiger partial charge in [0.15, 0.2) is 28.7 Å². The average Bonchev–Trinajstić information content (AvgIpc) is 3.29. The fourth-order valence-corrected chi connectivity index (χ4v) is 12.2. The molecule has 1 aliphatic heterocycles. The molecule has 9 atom stereocenters. The van der Waals surface area contributed by atoms with Crippen LogP contribution in [0.1, 0.15) is 65.0 Å². The van der Waals surface area contributed by atoms with Crippen LogP contribution in [0.5, 0.6) is 0 Å². The largest absolute Gasteiger partial charge is 0.388 e. The minimum atomic E-state index is -4.67. The number of anilines is 1. The second-order valence-electron chi connectivity index (χ2n) is 13.3. The molecule has 4 saturated carbocycles. The third-order valence-corrected chi connectivity index (χ3v) is 13.2. The van der Waals surface area contributed by atoms with Gasteiger partial charge >= 0.3 is 0 Å². The summed E-state index contributed by atoms with van der Waals surface area (Å²) in [7, 11) is -8.93. The molecule has 222 valence electrons. The number of rotatable bonds is 8. The number of halogens is 1.